The maximum atomic E-state index is 4.56. The zero-order valence-corrected chi connectivity index (χ0v) is 14.4. The number of rotatable bonds is 3. The van der Waals surface area contributed by atoms with E-state index in [4.69, 9.17) is 0 Å². The number of nitrogens with one attached hydrogen (secondary N) is 2. The molecule has 0 amide bonds. The first-order valence-corrected chi connectivity index (χ1v) is 8.17. The van der Waals surface area contributed by atoms with Crippen LogP contribution in [0.5, 0.6) is 0 Å². The van der Waals surface area contributed by atoms with Crippen molar-refractivity contribution in [2.45, 2.75) is 13.8 Å². The van der Waals surface area contributed by atoms with Crippen LogP contribution < -0.4 is 10.6 Å². The molecule has 0 unspecified atom stereocenters. The highest BCUT2D eigenvalue weighted by molar-refractivity contribution is 9.10. The average Bonchev–Trinajstić information content (AvgIpc) is 2.83. The van der Waals surface area contributed by atoms with Gasteiger partial charge in [0.25, 0.3) is 0 Å². The Labute approximate surface area is 135 Å². The smallest absolute Gasteiger partial charge is 0.225 e. The lowest BCUT2D eigenvalue weighted by molar-refractivity contribution is 1.20. The van der Waals surface area contributed by atoms with Crippen molar-refractivity contribution in [2.24, 2.45) is 0 Å². The molecule has 0 radical (unpaired) electrons. The summed E-state index contributed by atoms with van der Waals surface area (Å²) in [5, 5.41) is 7.50. The highest BCUT2D eigenvalue weighted by Crippen LogP contribution is 2.32. The fourth-order valence-corrected chi connectivity index (χ4v) is 3.35. The molecule has 3 rings (SSSR count). The Hall–Kier alpha value is -1.66. The highest BCUT2D eigenvalue weighted by atomic mass is 79.9. The van der Waals surface area contributed by atoms with Crippen LogP contribution in [0.15, 0.2) is 28.7 Å². The topological polar surface area (TPSA) is 49.8 Å². The van der Waals surface area contributed by atoms with Gasteiger partial charge < -0.3 is 10.6 Å². The third-order valence-corrected chi connectivity index (χ3v) is 4.63. The second-order valence-corrected chi connectivity index (χ2v) is 6.96. The van der Waals surface area contributed by atoms with Gasteiger partial charge in [-0.05, 0) is 37.6 Å². The molecule has 4 nitrogen and oxygen atoms in total. The van der Waals surface area contributed by atoms with Gasteiger partial charge in [0.15, 0.2) is 0 Å². The van der Waals surface area contributed by atoms with Crippen LogP contribution in [0.1, 0.15) is 10.4 Å². The van der Waals surface area contributed by atoms with Crippen molar-refractivity contribution >= 4 is 54.9 Å². The van der Waals surface area contributed by atoms with Gasteiger partial charge in [0.05, 0.1) is 5.39 Å². The molecular formula is C15H15BrN4S. The molecule has 2 N–H and O–H groups in total. The molecular weight excluding hydrogens is 348 g/mol. The Kier molecular flexibility index (Phi) is 3.82. The summed E-state index contributed by atoms with van der Waals surface area (Å²) >= 11 is 5.18. The van der Waals surface area contributed by atoms with Crippen molar-refractivity contribution in [1.82, 2.24) is 9.97 Å². The molecule has 0 fully saturated rings. The van der Waals surface area contributed by atoms with Crippen LogP contribution in [0.3, 0.4) is 0 Å². The van der Waals surface area contributed by atoms with E-state index < -0.39 is 0 Å². The summed E-state index contributed by atoms with van der Waals surface area (Å²) in [6, 6.07) is 8.28. The van der Waals surface area contributed by atoms with E-state index in [0.717, 1.165) is 26.2 Å². The molecule has 6 heteroatoms. The van der Waals surface area contributed by atoms with Crippen LogP contribution in [0.4, 0.5) is 17.5 Å². The number of anilines is 3. The lowest BCUT2D eigenvalue weighted by Gasteiger charge is -2.11. The number of hydrogen-bond donors (Lipinski definition) is 2. The van der Waals surface area contributed by atoms with Gasteiger partial charge in [-0.1, -0.05) is 22.0 Å². The van der Waals surface area contributed by atoms with E-state index in [2.05, 4.69) is 68.6 Å². The third-order valence-electron chi connectivity index (χ3n) is 3.19. The molecule has 0 saturated heterocycles. The Morgan fingerprint density at radius 2 is 1.95 bits per heavy atom. The van der Waals surface area contributed by atoms with Gasteiger partial charge in [-0.25, -0.2) is 4.98 Å². The first kappa shape index (κ1) is 14.3. The van der Waals surface area contributed by atoms with E-state index in [1.165, 1.54) is 10.4 Å². The monoisotopic (exact) mass is 362 g/mol. The number of aromatic nitrogens is 2. The van der Waals surface area contributed by atoms with E-state index in [9.17, 15) is 0 Å². The molecule has 0 atom stereocenters. The van der Waals surface area contributed by atoms with Gasteiger partial charge in [-0.15, -0.1) is 11.3 Å². The Morgan fingerprint density at radius 1 is 1.14 bits per heavy atom. The highest BCUT2D eigenvalue weighted by Gasteiger charge is 2.11. The number of aryl methyl sites for hydroxylation is 2. The lowest BCUT2D eigenvalue weighted by Crippen LogP contribution is -2.01. The number of hydrogen-bond acceptors (Lipinski definition) is 5. The molecule has 21 heavy (non-hydrogen) atoms. The van der Waals surface area contributed by atoms with Crippen molar-refractivity contribution in [3.05, 3.63) is 39.2 Å². The van der Waals surface area contributed by atoms with Gasteiger partial charge in [-0.2, -0.15) is 4.98 Å². The third kappa shape index (κ3) is 2.87. The van der Waals surface area contributed by atoms with Gasteiger partial charge in [-0.3, -0.25) is 0 Å². The van der Waals surface area contributed by atoms with Crippen LogP contribution in [0.2, 0.25) is 0 Å². The number of benzene rings is 1. The zero-order chi connectivity index (χ0) is 15.0. The number of fused-ring (bicyclic) bond motifs is 1. The molecule has 0 aliphatic carbocycles. The summed E-state index contributed by atoms with van der Waals surface area (Å²) in [4.78, 5) is 11.3. The minimum absolute atomic E-state index is 0.625. The maximum absolute atomic E-state index is 4.56. The number of thiophene rings is 1. The van der Waals surface area contributed by atoms with E-state index >= 15 is 0 Å². The second-order valence-electron chi connectivity index (χ2n) is 4.81. The summed E-state index contributed by atoms with van der Waals surface area (Å²) in [5.74, 6) is 1.45. The van der Waals surface area contributed by atoms with Crippen molar-refractivity contribution in [1.29, 1.82) is 0 Å². The lowest BCUT2D eigenvalue weighted by atomic mass is 10.2. The average molecular weight is 363 g/mol. The van der Waals surface area contributed by atoms with Crippen molar-refractivity contribution in [3.63, 3.8) is 0 Å². The molecule has 0 saturated carbocycles. The quantitative estimate of drug-likeness (QED) is 0.698. The van der Waals surface area contributed by atoms with E-state index in [1.54, 1.807) is 11.3 Å². The van der Waals surface area contributed by atoms with Gasteiger partial charge in [0.1, 0.15) is 10.6 Å². The normalized spacial score (nSPS) is 10.9. The molecule has 3 aromatic rings. The second kappa shape index (κ2) is 5.61. The predicted molar refractivity (Wildman–Crippen MR) is 93.9 cm³/mol. The molecule has 0 aliphatic rings. The fourth-order valence-electron chi connectivity index (χ4n) is 2.11. The van der Waals surface area contributed by atoms with Crippen LogP contribution >= 0.6 is 27.3 Å². The number of nitrogens with zero attached hydrogens (tertiary/aromatic N) is 2. The van der Waals surface area contributed by atoms with Crippen LogP contribution in [0, 0.1) is 13.8 Å². The van der Waals surface area contributed by atoms with Crippen LogP contribution in [-0.4, -0.2) is 17.0 Å². The fraction of sp³-hybridized carbons (Fsp3) is 0.200. The molecule has 0 spiro atoms. The van der Waals surface area contributed by atoms with E-state index in [-0.39, 0.29) is 0 Å². The Morgan fingerprint density at radius 3 is 2.71 bits per heavy atom. The van der Waals surface area contributed by atoms with Crippen molar-refractivity contribution in [3.8, 4) is 0 Å². The SMILES string of the molecule is CNc1nc(Nc2cc(Br)ccc2C)c2cc(C)sc2n1. The zero-order valence-electron chi connectivity index (χ0n) is 12.0. The summed E-state index contributed by atoms with van der Waals surface area (Å²) in [5.41, 5.74) is 2.21. The Bertz CT molecular complexity index is 813. The molecule has 2 heterocycles. The van der Waals surface area contributed by atoms with Gasteiger partial charge >= 0.3 is 0 Å². The number of halogens is 1. The summed E-state index contributed by atoms with van der Waals surface area (Å²) in [6.07, 6.45) is 0. The summed E-state index contributed by atoms with van der Waals surface area (Å²) < 4.78 is 1.04. The van der Waals surface area contributed by atoms with Crippen LogP contribution in [-0.2, 0) is 0 Å². The van der Waals surface area contributed by atoms with E-state index in [1.807, 2.05) is 13.1 Å². The first-order chi connectivity index (χ1) is 10.1. The molecule has 1 aromatic carbocycles. The minimum Gasteiger partial charge on any atom is -0.357 e. The summed E-state index contributed by atoms with van der Waals surface area (Å²) in [7, 11) is 1.83. The van der Waals surface area contributed by atoms with Crippen molar-refractivity contribution < 1.29 is 0 Å². The maximum Gasteiger partial charge on any atom is 0.225 e. The molecule has 0 bridgehead atoms. The van der Waals surface area contributed by atoms with Gasteiger partial charge in [0.2, 0.25) is 5.95 Å². The predicted octanol–water partition coefficient (Wildman–Crippen LogP) is 4.86. The summed E-state index contributed by atoms with van der Waals surface area (Å²) in [6.45, 7) is 4.16. The molecule has 2 aromatic heterocycles. The largest absolute Gasteiger partial charge is 0.357 e. The van der Waals surface area contributed by atoms with Crippen LogP contribution in [0.25, 0.3) is 10.2 Å². The van der Waals surface area contributed by atoms with Crippen molar-refractivity contribution in [2.75, 3.05) is 17.7 Å². The standard InChI is InChI=1S/C15H15BrN4S/c1-8-4-5-10(16)7-12(8)18-13-11-6-9(2)21-14(11)20-15(17-3)19-13/h4-7H,1-3H3,(H2,17,18,19,20). The molecule has 108 valence electrons. The molecule has 0 aliphatic heterocycles. The Balaban J connectivity index is 2.12. The minimum atomic E-state index is 0.625. The van der Waals surface area contributed by atoms with Gasteiger partial charge in [0, 0.05) is 22.1 Å². The van der Waals surface area contributed by atoms with E-state index in [0.29, 0.717) is 5.95 Å². The first-order valence-electron chi connectivity index (χ1n) is 6.56.